The van der Waals surface area contributed by atoms with E-state index < -0.39 is 0 Å². The van der Waals surface area contributed by atoms with Gasteiger partial charge in [0.05, 0.1) is 0 Å². The molecule has 1 aromatic carbocycles. The SMILES string of the molecule is CCc1cc(NN)nc(Cc2cccc(C)c2)n1. The molecule has 0 unspecified atom stereocenters. The van der Waals surface area contributed by atoms with Crippen molar-refractivity contribution in [1.29, 1.82) is 0 Å². The zero-order valence-corrected chi connectivity index (χ0v) is 10.8. The van der Waals surface area contributed by atoms with Crippen LogP contribution in [0.15, 0.2) is 30.3 Å². The summed E-state index contributed by atoms with van der Waals surface area (Å²) in [6.07, 6.45) is 1.60. The van der Waals surface area contributed by atoms with Gasteiger partial charge in [0.1, 0.15) is 11.6 Å². The molecule has 1 heterocycles. The van der Waals surface area contributed by atoms with E-state index in [1.807, 2.05) is 6.07 Å². The minimum atomic E-state index is 0.671. The first kappa shape index (κ1) is 12.5. The van der Waals surface area contributed by atoms with Crippen molar-refractivity contribution in [3.8, 4) is 0 Å². The average Bonchev–Trinajstić information content (AvgIpc) is 2.38. The Labute approximate surface area is 107 Å². The lowest BCUT2D eigenvalue weighted by molar-refractivity contribution is 0.904. The minimum absolute atomic E-state index is 0.671. The number of anilines is 1. The average molecular weight is 242 g/mol. The fraction of sp³-hybridized carbons (Fsp3) is 0.286. The van der Waals surface area contributed by atoms with Gasteiger partial charge in [0.2, 0.25) is 0 Å². The molecule has 0 spiro atoms. The number of nitrogens with two attached hydrogens (primary N) is 1. The van der Waals surface area contributed by atoms with E-state index in [4.69, 9.17) is 5.84 Å². The second-order valence-corrected chi connectivity index (χ2v) is 4.32. The minimum Gasteiger partial charge on any atom is -0.308 e. The Balaban J connectivity index is 2.28. The number of aryl methyl sites for hydroxylation is 2. The van der Waals surface area contributed by atoms with Crippen molar-refractivity contribution < 1.29 is 0 Å². The maximum absolute atomic E-state index is 5.42. The van der Waals surface area contributed by atoms with Gasteiger partial charge < -0.3 is 5.43 Å². The maximum Gasteiger partial charge on any atom is 0.143 e. The summed E-state index contributed by atoms with van der Waals surface area (Å²) in [4.78, 5) is 8.90. The predicted octanol–water partition coefficient (Wildman–Crippen LogP) is 2.22. The van der Waals surface area contributed by atoms with Gasteiger partial charge in [0, 0.05) is 18.2 Å². The maximum atomic E-state index is 5.42. The van der Waals surface area contributed by atoms with Crippen LogP contribution in [0.25, 0.3) is 0 Å². The number of hydrogen-bond donors (Lipinski definition) is 2. The molecule has 0 saturated heterocycles. The van der Waals surface area contributed by atoms with Crippen molar-refractivity contribution in [1.82, 2.24) is 9.97 Å². The van der Waals surface area contributed by atoms with E-state index >= 15 is 0 Å². The molecule has 4 nitrogen and oxygen atoms in total. The zero-order chi connectivity index (χ0) is 13.0. The smallest absolute Gasteiger partial charge is 0.143 e. The van der Waals surface area contributed by atoms with Crippen LogP contribution >= 0.6 is 0 Å². The van der Waals surface area contributed by atoms with E-state index in [9.17, 15) is 0 Å². The number of hydrazine groups is 1. The summed E-state index contributed by atoms with van der Waals surface area (Å²) in [6, 6.07) is 10.2. The van der Waals surface area contributed by atoms with Gasteiger partial charge in [-0.15, -0.1) is 0 Å². The van der Waals surface area contributed by atoms with Crippen molar-refractivity contribution in [3.63, 3.8) is 0 Å². The summed E-state index contributed by atoms with van der Waals surface area (Å²) in [5.74, 6) is 6.89. The zero-order valence-electron chi connectivity index (χ0n) is 10.8. The lowest BCUT2D eigenvalue weighted by atomic mass is 10.1. The summed E-state index contributed by atoms with van der Waals surface area (Å²) in [6.45, 7) is 4.15. The van der Waals surface area contributed by atoms with Crippen molar-refractivity contribution >= 4 is 5.82 Å². The van der Waals surface area contributed by atoms with Crippen LogP contribution in [0.1, 0.15) is 29.6 Å². The second kappa shape index (κ2) is 5.60. The van der Waals surface area contributed by atoms with Gasteiger partial charge in [-0.25, -0.2) is 15.8 Å². The molecule has 0 aliphatic rings. The molecule has 0 amide bonds. The number of nitrogen functional groups attached to an aromatic ring is 1. The van der Waals surface area contributed by atoms with E-state index in [0.29, 0.717) is 5.82 Å². The fourth-order valence-corrected chi connectivity index (χ4v) is 1.89. The molecular weight excluding hydrogens is 224 g/mol. The van der Waals surface area contributed by atoms with E-state index in [0.717, 1.165) is 24.4 Å². The topological polar surface area (TPSA) is 63.8 Å². The molecule has 0 aliphatic heterocycles. The second-order valence-electron chi connectivity index (χ2n) is 4.32. The van der Waals surface area contributed by atoms with Crippen molar-refractivity contribution in [2.24, 2.45) is 5.84 Å². The molecule has 1 aromatic heterocycles. The van der Waals surface area contributed by atoms with Crippen LogP contribution < -0.4 is 11.3 Å². The van der Waals surface area contributed by atoms with Crippen LogP contribution in [-0.2, 0) is 12.8 Å². The third-order valence-electron chi connectivity index (χ3n) is 2.78. The number of nitrogens with one attached hydrogen (secondary N) is 1. The van der Waals surface area contributed by atoms with Gasteiger partial charge in [-0.3, -0.25) is 0 Å². The summed E-state index contributed by atoms with van der Waals surface area (Å²) in [5, 5.41) is 0. The van der Waals surface area contributed by atoms with Gasteiger partial charge in [0.25, 0.3) is 0 Å². The number of nitrogens with zero attached hydrogens (tertiary/aromatic N) is 2. The number of hydrogen-bond acceptors (Lipinski definition) is 4. The lowest BCUT2D eigenvalue weighted by Crippen LogP contribution is -2.11. The Morgan fingerprint density at radius 3 is 2.72 bits per heavy atom. The summed E-state index contributed by atoms with van der Waals surface area (Å²) >= 11 is 0. The van der Waals surface area contributed by atoms with Gasteiger partial charge in [-0.1, -0.05) is 36.8 Å². The molecule has 0 fully saturated rings. The summed E-state index contributed by atoms with van der Waals surface area (Å²) in [7, 11) is 0. The third-order valence-corrected chi connectivity index (χ3v) is 2.78. The highest BCUT2D eigenvalue weighted by Gasteiger charge is 2.04. The van der Waals surface area contributed by atoms with Crippen LogP contribution in [0.3, 0.4) is 0 Å². The van der Waals surface area contributed by atoms with Gasteiger partial charge in [-0.05, 0) is 18.9 Å². The third kappa shape index (κ3) is 3.05. The molecule has 2 rings (SSSR count). The van der Waals surface area contributed by atoms with E-state index in [-0.39, 0.29) is 0 Å². The molecular formula is C14H18N4. The largest absolute Gasteiger partial charge is 0.308 e. The van der Waals surface area contributed by atoms with Crippen molar-refractivity contribution in [2.45, 2.75) is 26.7 Å². The van der Waals surface area contributed by atoms with Gasteiger partial charge >= 0.3 is 0 Å². The molecule has 3 N–H and O–H groups in total. The first-order valence-corrected chi connectivity index (χ1v) is 6.10. The predicted molar refractivity (Wildman–Crippen MR) is 73.2 cm³/mol. The number of aromatic nitrogens is 2. The normalized spacial score (nSPS) is 10.4. The van der Waals surface area contributed by atoms with Crippen molar-refractivity contribution in [2.75, 3.05) is 5.43 Å². The Morgan fingerprint density at radius 2 is 2.06 bits per heavy atom. The van der Waals surface area contributed by atoms with E-state index in [2.05, 4.69) is 53.5 Å². The highest BCUT2D eigenvalue weighted by Crippen LogP contribution is 2.12. The molecule has 0 aliphatic carbocycles. The molecule has 0 saturated carbocycles. The summed E-state index contributed by atoms with van der Waals surface area (Å²) < 4.78 is 0. The Hall–Kier alpha value is -1.94. The molecule has 18 heavy (non-hydrogen) atoms. The first-order chi connectivity index (χ1) is 8.71. The van der Waals surface area contributed by atoms with Crippen LogP contribution in [-0.4, -0.2) is 9.97 Å². The Kier molecular flexibility index (Phi) is 3.89. The standard InChI is InChI=1S/C14H18N4/c1-3-12-9-14(18-15)17-13(16-12)8-11-6-4-5-10(2)7-11/h4-7,9H,3,8,15H2,1-2H3,(H,16,17,18). The monoisotopic (exact) mass is 242 g/mol. The number of benzene rings is 1. The van der Waals surface area contributed by atoms with E-state index in [1.54, 1.807) is 0 Å². The van der Waals surface area contributed by atoms with E-state index in [1.165, 1.54) is 11.1 Å². The molecule has 0 atom stereocenters. The van der Waals surface area contributed by atoms with Gasteiger partial charge in [-0.2, -0.15) is 0 Å². The Morgan fingerprint density at radius 1 is 1.22 bits per heavy atom. The number of rotatable bonds is 4. The quantitative estimate of drug-likeness (QED) is 0.637. The molecule has 94 valence electrons. The van der Waals surface area contributed by atoms with Crippen LogP contribution in [0.2, 0.25) is 0 Å². The van der Waals surface area contributed by atoms with Crippen molar-refractivity contribution in [3.05, 3.63) is 53.0 Å². The van der Waals surface area contributed by atoms with Crippen LogP contribution in [0, 0.1) is 6.92 Å². The first-order valence-electron chi connectivity index (χ1n) is 6.10. The molecule has 0 bridgehead atoms. The lowest BCUT2D eigenvalue weighted by Gasteiger charge is -2.07. The molecule has 0 radical (unpaired) electrons. The van der Waals surface area contributed by atoms with Crippen LogP contribution in [0.5, 0.6) is 0 Å². The fourth-order valence-electron chi connectivity index (χ4n) is 1.89. The molecule has 2 aromatic rings. The molecule has 4 heteroatoms. The highest BCUT2D eigenvalue weighted by atomic mass is 15.3. The van der Waals surface area contributed by atoms with Gasteiger partial charge in [0.15, 0.2) is 0 Å². The Bertz CT molecular complexity index is 515. The highest BCUT2D eigenvalue weighted by molar-refractivity contribution is 5.35. The summed E-state index contributed by atoms with van der Waals surface area (Å²) in [5.41, 5.74) is 6.05. The van der Waals surface area contributed by atoms with Crippen LogP contribution in [0.4, 0.5) is 5.82 Å².